The predicted molar refractivity (Wildman–Crippen MR) is 48.1 cm³/mol. The maximum absolute atomic E-state index is 7.68. The first-order valence-electron chi connectivity index (χ1n) is 5.78. The number of methoxy groups -OCH3 is 1. The molecular weight excluding hydrogens is 154 g/mol. The molecule has 0 radical (unpaired) electrons. The summed E-state index contributed by atoms with van der Waals surface area (Å²) in [6, 6.07) is -1.48. The standard InChI is InChI=1S/C9H19NO2/c1-11-6-7-12-9-4-2-8(10)3-5-9/h8-9H,2-7,10H2,1H3/t8-,9-/i2D2,8D/m0/s1. The van der Waals surface area contributed by atoms with Crippen LogP contribution in [-0.4, -0.2) is 32.4 Å². The van der Waals surface area contributed by atoms with Crippen molar-refractivity contribution >= 4 is 0 Å². The molecule has 0 heterocycles. The highest BCUT2D eigenvalue weighted by Crippen LogP contribution is 2.19. The number of nitrogens with two attached hydrogens (primary N) is 1. The molecule has 0 spiro atoms. The smallest absolute Gasteiger partial charge is 0.0704 e. The Balaban J connectivity index is 2.41. The average Bonchev–Trinajstić information content (AvgIpc) is 2.12. The quantitative estimate of drug-likeness (QED) is 0.648. The van der Waals surface area contributed by atoms with Gasteiger partial charge in [-0.05, 0) is 25.6 Å². The zero-order valence-electron chi connectivity index (χ0n) is 10.5. The first-order chi connectivity index (χ1) is 6.89. The molecule has 12 heavy (non-hydrogen) atoms. The van der Waals surface area contributed by atoms with Gasteiger partial charge in [0.15, 0.2) is 0 Å². The van der Waals surface area contributed by atoms with Crippen LogP contribution in [0, 0.1) is 0 Å². The van der Waals surface area contributed by atoms with E-state index in [9.17, 15) is 0 Å². The molecule has 0 unspecified atom stereocenters. The minimum absolute atomic E-state index is 0.142. The summed E-state index contributed by atoms with van der Waals surface area (Å²) in [6.45, 7) is 0.973. The third kappa shape index (κ3) is 3.52. The summed E-state index contributed by atoms with van der Waals surface area (Å²) < 4.78 is 33.3. The second-order valence-electron chi connectivity index (χ2n) is 2.93. The Kier molecular flexibility index (Phi) is 2.92. The lowest BCUT2D eigenvalue weighted by molar-refractivity contribution is -0.00241. The monoisotopic (exact) mass is 176 g/mol. The van der Waals surface area contributed by atoms with Crippen LogP contribution in [0.15, 0.2) is 0 Å². The van der Waals surface area contributed by atoms with Crippen LogP contribution < -0.4 is 5.73 Å². The zero-order valence-corrected chi connectivity index (χ0v) is 7.51. The van der Waals surface area contributed by atoms with Crippen molar-refractivity contribution in [2.24, 2.45) is 5.73 Å². The minimum atomic E-state index is -1.68. The summed E-state index contributed by atoms with van der Waals surface area (Å²) in [4.78, 5) is 0. The van der Waals surface area contributed by atoms with Crippen molar-refractivity contribution in [1.29, 1.82) is 0 Å². The van der Waals surface area contributed by atoms with Crippen LogP contribution in [0.1, 0.15) is 29.7 Å². The summed E-state index contributed by atoms with van der Waals surface area (Å²) in [5.41, 5.74) is 5.58. The topological polar surface area (TPSA) is 44.5 Å². The summed E-state index contributed by atoms with van der Waals surface area (Å²) in [5, 5.41) is 0. The van der Waals surface area contributed by atoms with Gasteiger partial charge >= 0.3 is 0 Å². The van der Waals surface area contributed by atoms with Gasteiger partial charge in [-0.1, -0.05) is 0 Å². The van der Waals surface area contributed by atoms with Gasteiger partial charge in [-0.3, -0.25) is 0 Å². The Morgan fingerprint density at radius 3 is 3.00 bits per heavy atom. The van der Waals surface area contributed by atoms with Gasteiger partial charge in [0, 0.05) is 17.2 Å². The second kappa shape index (κ2) is 5.51. The molecule has 0 aromatic carbocycles. The van der Waals surface area contributed by atoms with Gasteiger partial charge in [-0.15, -0.1) is 0 Å². The molecule has 0 bridgehead atoms. The molecule has 0 aromatic heterocycles. The minimum Gasteiger partial charge on any atom is -0.382 e. The van der Waals surface area contributed by atoms with Crippen LogP contribution in [0.3, 0.4) is 0 Å². The molecule has 0 amide bonds. The normalized spacial score (nSPS) is 44.5. The second-order valence-corrected chi connectivity index (χ2v) is 2.93. The van der Waals surface area contributed by atoms with Gasteiger partial charge in [0.25, 0.3) is 0 Å². The molecule has 0 saturated heterocycles. The van der Waals surface area contributed by atoms with E-state index in [0.29, 0.717) is 26.1 Å². The van der Waals surface area contributed by atoms with E-state index in [4.69, 9.17) is 19.3 Å². The van der Waals surface area contributed by atoms with Crippen molar-refractivity contribution < 1.29 is 13.6 Å². The van der Waals surface area contributed by atoms with Gasteiger partial charge in [0.05, 0.1) is 19.3 Å². The molecule has 1 saturated carbocycles. The van der Waals surface area contributed by atoms with E-state index >= 15 is 0 Å². The van der Waals surface area contributed by atoms with Crippen molar-refractivity contribution in [3.8, 4) is 0 Å². The van der Waals surface area contributed by atoms with Crippen LogP contribution in [0.4, 0.5) is 0 Å². The van der Waals surface area contributed by atoms with Crippen molar-refractivity contribution in [2.75, 3.05) is 20.3 Å². The van der Waals surface area contributed by atoms with Gasteiger partial charge in [0.2, 0.25) is 0 Å². The summed E-state index contributed by atoms with van der Waals surface area (Å²) >= 11 is 0. The molecule has 0 aliphatic heterocycles. The van der Waals surface area contributed by atoms with E-state index in [-0.39, 0.29) is 12.5 Å². The molecule has 1 aliphatic rings. The Bertz CT molecular complexity index is 212. The lowest BCUT2D eigenvalue weighted by Crippen LogP contribution is -2.30. The third-order valence-corrected chi connectivity index (χ3v) is 1.93. The Morgan fingerprint density at radius 2 is 2.33 bits per heavy atom. The molecule has 1 aliphatic carbocycles. The van der Waals surface area contributed by atoms with Crippen molar-refractivity contribution in [1.82, 2.24) is 0 Å². The molecule has 1 fully saturated rings. The van der Waals surface area contributed by atoms with E-state index in [0.717, 1.165) is 0 Å². The molecule has 72 valence electrons. The lowest BCUT2D eigenvalue weighted by Gasteiger charge is -2.25. The molecule has 0 aromatic rings. The van der Waals surface area contributed by atoms with E-state index in [1.165, 1.54) is 0 Å². The molecule has 2 N–H and O–H groups in total. The molecule has 3 heteroatoms. The van der Waals surface area contributed by atoms with Crippen molar-refractivity contribution in [3.63, 3.8) is 0 Å². The fraction of sp³-hybridized carbons (Fsp3) is 1.00. The molecule has 3 nitrogen and oxygen atoms in total. The lowest BCUT2D eigenvalue weighted by atomic mass is 9.94. The van der Waals surface area contributed by atoms with Crippen LogP contribution in [0.2, 0.25) is 0 Å². The highest BCUT2D eigenvalue weighted by molar-refractivity contribution is 4.74. The summed E-state index contributed by atoms with van der Waals surface area (Å²) in [7, 11) is 1.60. The number of ether oxygens (including phenoxy) is 2. The SMILES string of the molecule is [2H]C1([2H])C[C@H](OCCOC)CC[C@@]1([2H])N. The van der Waals surface area contributed by atoms with Gasteiger partial charge in [-0.2, -0.15) is 0 Å². The molecule has 2 atom stereocenters. The van der Waals surface area contributed by atoms with Crippen LogP contribution in [0.5, 0.6) is 0 Å². The number of rotatable bonds is 4. The molecular formula is C9H19NO2. The number of hydrogen-bond donors (Lipinski definition) is 1. The van der Waals surface area contributed by atoms with Crippen molar-refractivity contribution in [2.45, 2.75) is 37.8 Å². The highest BCUT2D eigenvalue weighted by Gasteiger charge is 2.18. The van der Waals surface area contributed by atoms with E-state index in [1.807, 2.05) is 0 Å². The van der Waals surface area contributed by atoms with Gasteiger partial charge in [-0.25, -0.2) is 0 Å². The fourth-order valence-electron chi connectivity index (χ4n) is 1.19. The van der Waals surface area contributed by atoms with Crippen LogP contribution in [0.25, 0.3) is 0 Å². The van der Waals surface area contributed by atoms with Crippen molar-refractivity contribution in [3.05, 3.63) is 0 Å². The Labute approximate surface area is 78.4 Å². The van der Waals surface area contributed by atoms with E-state index in [1.54, 1.807) is 7.11 Å². The Hall–Kier alpha value is -0.120. The van der Waals surface area contributed by atoms with Gasteiger partial charge < -0.3 is 15.2 Å². The maximum atomic E-state index is 7.68. The largest absolute Gasteiger partial charge is 0.382 e. The first kappa shape index (κ1) is 6.35. The third-order valence-electron chi connectivity index (χ3n) is 1.93. The Morgan fingerprint density at radius 1 is 1.50 bits per heavy atom. The number of hydrogen-bond acceptors (Lipinski definition) is 3. The first-order valence-corrected chi connectivity index (χ1v) is 4.28. The van der Waals surface area contributed by atoms with Crippen LogP contribution >= 0.6 is 0 Å². The maximum Gasteiger partial charge on any atom is 0.0704 e. The summed E-state index contributed by atoms with van der Waals surface area (Å²) in [6.07, 6.45) is -0.655. The van der Waals surface area contributed by atoms with E-state index in [2.05, 4.69) is 0 Å². The zero-order chi connectivity index (χ0) is 11.5. The highest BCUT2D eigenvalue weighted by atomic mass is 16.5. The predicted octanol–water partition coefficient (Wildman–Crippen LogP) is 0.919. The molecule has 1 rings (SSSR count). The summed E-state index contributed by atoms with van der Waals surface area (Å²) in [5.74, 6) is 0. The van der Waals surface area contributed by atoms with Crippen LogP contribution in [-0.2, 0) is 9.47 Å². The fourth-order valence-corrected chi connectivity index (χ4v) is 1.19. The van der Waals surface area contributed by atoms with Gasteiger partial charge in [0.1, 0.15) is 0 Å². The van der Waals surface area contributed by atoms with E-state index < -0.39 is 12.4 Å². The average molecular weight is 176 g/mol.